The first-order valence-corrected chi connectivity index (χ1v) is 0. The molecule has 0 unspecified atom stereocenters. The fourth-order valence-electron chi connectivity index (χ4n) is 0. The molecule has 0 aliphatic heterocycles. The molecule has 0 saturated heterocycles. The summed E-state index contributed by atoms with van der Waals surface area (Å²) in [6.07, 6.45) is 0. The monoisotopic (exact) mass is 562 g/mol. The molecule has 10 radical (unpaired) electrons. The summed E-state index contributed by atoms with van der Waals surface area (Å²) in [6.45, 7) is 0. The third-order valence-electron chi connectivity index (χ3n) is 0. The minimum atomic E-state index is 0. The molecule has 0 aromatic heterocycles. The first-order chi connectivity index (χ1) is 0. The molecule has 0 N–H and O–H groups in total. The van der Waals surface area contributed by atoms with Crippen LogP contribution in [-0.2, 0) is 58.9 Å². The van der Waals surface area contributed by atoms with E-state index in [0.29, 0.717) is 0 Å². The molecule has 5 heavy (non-hydrogen) atoms. The van der Waals surface area contributed by atoms with Crippen molar-refractivity contribution in [2.24, 2.45) is 0 Å². The molecule has 0 fully saturated rings. The molecule has 0 atom stereocenters. The van der Waals surface area contributed by atoms with Gasteiger partial charge in [-0.05, 0) is 0 Å². The summed E-state index contributed by atoms with van der Waals surface area (Å²) in [5, 5.41) is 0. The van der Waals surface area contributed by atoms with Crippen LogP contribution < -0.4 is 0 Å². The molecule has 0 aromatic carbocycles. The van der Waals surface area contributed by atoms with Gasteiger partial charge < -0.3 is 0 Å². The Kier molecular flexibility index (Phi) is 196. The Labute approximate surface area is 108 Å². The van der Waals surface area contributed by atoms with Gasteiger partial charge in [-0.25, -0.2) is 0 Å². The zero-order valence-electron chi connectivity index (χ0n) is 2.31. The maximum atomic E-state index is 0. The number of rotatable bonds is 0. The van der Waals surface area contributed by atoms with E-state index in [0.717, 1.165) is 0 Å². The van der Waals surface area contributed by atoms with Gasteiger partial charge in [0.05, 0.1) is 0 Å². The van der Waals surface area contributed by atoms with E-state index < -0.39 is 0 Å². The van der Waals surface area contributed by atoms with E-state index in [2.05, 4.69) is 0 Å². The van der Waals surface area contributed by atoms with E-state index in [4.69, 9.17) is 0 Å². The first-order valence-electron chi connectivity index (χ1n) is 0. The molecule has 5 heteroatoms. The van der Waals surface area contributed by atoms with Crippen LogP contribution in [0.15, 0.2) is 0 Å². The first kappa shape index (κ1) is 38.3. The van der Waals surface area contributed by atoms with Crippen LogP contribution in [0.1, 0.15) is 0 Å². The minimum Gasteiger partial charge on any atom is 0 e. The van der Waals surface area contributed by atoms with Gasteiger partial charge in [0.25, 0.3) is 0 Å². The normalized spacial score (nSPS) is 0. The Balaban J connectivity index is 0. The molecular weight excluding hydrogens is 563 g/mol. The van der Waals surface area contributed by atoms with E-state index in [1.165, 1.54) is 0 Å². The van der Waals surface area contributed by atoms with Crippen molar-refractivity contribution in [1.29, 1.82) is 0 Å². The summed E-state index contributed by atoms with van der Waals surface area (Å²) in [4.78, 5) is 0. The topological polar surface area (TPSA) is 0 Å². The van der Waals surface area contributed by atoms with Gasteiger partial charge in [-0.1, -0.05) is 0 Å². The molecular formula is AgCuPbSnZn. The fourth-order valence-corrected chi connectivity index (χ4v) is 0. The minimum absolute atomic E-state index is 0. The average molecular weight is 563 g/mol. The second kappa shape index (κ2) is 25.5. The van der Waals surface area contributed by atoms with E-state index in [-0.39, 0.29) is 110 Å². The quantitative estimate of drug-likeness (QED) is 0.341. The molecule has 32 valence electrons. The molecule has 0 heterocycles. The molecule has 0 spiro atoms. The molecule has 0 aliphatic rings. The summed E-state index contributed by atoms with van der Waals surface area (Å²) in [6, 6.07) is 0. The Bertz CT molecular complexity index is 11.6. The second-order valence-corrected chi connectivity index (χ2v) is 0. The molecule has 0 aromatic rings. The van der Waals surface area contributed by atoms with Crippen LogP contribution in [0.25, 0.3) is 0 Å². The second-order valence-electron chi connectivity index (χ2n) is 0. The Morgan fingerprint density at radius 2 is 1.00 bits per heavy atom. The Morgan fingerprint density at radius 1 is 1.00 bits per heavy atom. The molecule has 0 amide bonds. The fraction of sp³-hybridized carbons (Fsp3) is 0. The van der Waals surface area contributed by atoms with Crippen LogP contribution >= 0.6 is 0 Å². The molecule has 0 saturated carbocycles. The number of hydrogen-bond acceptors (Lipinski definition) is 0. The van der Waals surface area contributed by atoms with E-state index in [1.54, 1.807) is 0 Å². The van der Waals surface area contributed by atoms with Crippen molar-refractivity contribution in [3.05, 3.63) is 0 Å². The van der Waals surface area contributed by atoms with Gasteiger partial charge in [-0.3, -0.25) is 0 Å². The van der Waals surface area contributed by atoms with Gasteiger partial charge in [0.2, 0.25) is 0 Å². The zero-order valence-corrected chi connectivity index (χ0v) is 14.4. The largest absolute Gasteiger partial charge is 0 e. The molecule has 0 bridgehead atoms. The SMILES string of the molecule is [Ag].[Cu].[Pb].[Sn].[Zn]. The van der Waals surface area contributed by atoms with Crippen LogP contribution in [0.3, 0.4) is 0 Å². The predicted molar refractivity (Wildman–Crippen MR) is 11.5 cm³/mol. The van der Waals surface area contributed by atoms with E-state index >= 15 is 0 Å². The standard InChI is InChI=1S/Ag.Cu.Pb.Sn.Zn. The summed E-state index contributed by atoms with van der Waals surface area (Å²) >= 11 is 0. The van der Waals surface area contributed by atoms with Gasteiger partial charge in [-0.15, -0.1) is 0 Å². The van der Waals surface area contributed by atoms with E-state index in [9.17, 15) is 0 Å². The van der Waals surface area contributed by atoms with Crippen molar-refractivity contribution in [2.45, 2.75) is 0 Å². The third kappa shape index (κ3) is 18.4. The Hall–Kier alpha value is 3.60. The summed E-state index contributed by atoms with van der Waals surface area (Å²) < 4.78 is 0. The average Bonchev–Trinajstić information content (AvgIpc) is 0. The van der Waals surface area contributed by atoms with Crippen molar-refractivity contribution >= 4 is 51.2 Å². The summed E-state index contributed by atoms with van der Waals surface area (Å²) in [5.74, 6) is 0. The van der Waals surface area contributed by atoms with Crippen LogP contribution in [0.5, 0.6) is 0 Å². The van der Waals surface area contributed by atoms with Gasteiger partial charge in [0.15, 0.2) is 0 Å². The van der Waals surface area contributed by atoms with Gasteiger partial charge >= 0.3 is 0 Å². The maximum Gasteiger partial charge on any atom is 0 e. The van der Waals surface area contributed by atoms with Crippen molar-refractivity contribution in [2.75, 3.05) is 0 Å². The van der Waals surface area contributed by atoms with E-state index in [1.807, 2.05) is 0 Å². The van der Waals surface area contributed by atoms with Gasteiger partial charge in [-0.2, -0.15) is 0 Å². The molecule has 0 rings (SSSR count). The van der Waals surface area contributed by atoms with Gasteiger partial charge in [0.1, 0.15) is 0 Å². The third-order valence-corrected chi connectivity index (χ3v) is 0. The van der Waals surface area contributed by atoms with Crippen LogP contribution in [0.2, 0.25) is 0 Å². The van der Waals surface area contributed by atoms with Crippen molar-refractivity contribution in [3.8, 4) is 0 Å². The predicted octanol–water partition coefficient (Wildman–Crippen LogP) is -0.769. The van der Waals surface area contributed by atoms with Crippen molar-refractivity contribution < 1.29 is 58.9 Å². The summed E-state index contributed by atoms with van der Waals surface area (Å²) in [5.41, 5.74) is 0. The number of hydrogen-bond donors (Lipinski definition) is 0. The maximum absolute atomic E-state index is 0. The molecule has 0 nitrogen and oxygen atoms in total. The van der Waals surface area contributed by atoms with Crippen LogP contribution in [0.4, 0.5) is 0 Å². The summed E-state index contributed by atoms with van der Waals surface area (Å²) in [7, 11) is 0. The van der Waals surface area contributed by atoms with Crippen LogP contribution in [0, 0.1) is 0 Å². The van der Waals surface area contributed by atoms with Crippen LogP contribution in [-0.4, -0.2) is 51.2 Å². The van der Waals surface area contributed by atoms with Crippen molar-refractivity contribution in [1.82, 2.24) is 0 Å². The molecule has 0 aliphatic carbocycles. The zero-order chi connectivity index (χ0) is 0. The van der Waals surface area contributed by atoms with Crippen molar-refractivity contribution in [3.63, 3.8) is 0 Å². The Morgan fingerprint density at radius 3 is 1.00 bits per heavy atom. The van der Waals surface area contributed by atoms with Gasteiger partial charge in [0, 0.05) is 110 Å². The smallest absolute Gasteiger partial charge is 0 e.